The first-order chi connectivity index (χ1) is 17.3. The van der Waals surface area contributed by atoms with Gasteiger partial charge in [-0.05, 0) is 61.5 Å². The van der Waals surface area contributed by atoms with Crippen LogP contribution in [0.2, 0.25) is 0 Å². The monoisotopic (exact) mass is 506 g/mol. The molecule has 2 N–H and O–H groups in total. The van der Waals surface area contributed by atoms with Gasteiger partial charge in [-0.25, -0.2) is 14.4 Å². The van der Waals surface area contributed by atoms with E-state index in [4.69, 9.17) is 4.74 Å². The molecule has 186 valence electrons. The third-order valence-electron chi connectivity index (χ3n) is 6.73. The van der Waals surface area contributed by atoms with Gasteiger partial charge in [-0.2, -0.15) is 4.37 Å². The molecular formula is C26H26N4O5S. The average molecular weight is 507 g/mol. The number of urea groups is 1. The number of rotatable bonds is 7. The lowest BCUT2D eigenvalue weighted by atomic mass is 10.1. The lowest BCUT2D eigenvalue weighted by Crippen LogP contribution is -2.46. The highest BCUT2D eigenvalue weighted by molar-refractivity contribution is 7.10. The molecule has 36 heavy (non-hydrogen) atoms. The smallest absolute Gasteiger partial charge is 0.412 e. The van der Waals surface area contributed by atoms with Gasteiger partial charge in [-0.3, -0.25) is 10.2 Å². The third kappa shape index (κ3) is 4.28. The number of aryl methyl sites for hydroxylation is 1. The molecule has 1 atom stereocenters. The Kier molecular flexibility index (Phi) is 6.13. The summed E-state index contributed by atoms with van der Waals surface area (Å²) in [4.78, 5) is 41.1. The van der Waals surface area contributed by atoms with E-state index < -0.39 is 23.7 Å². The Morgan fingerprint density at radius 3 is 2.44 bits per heavy atom. The fourth-order valence-electron chi connectivity index (χ4n) is 4.48. The maximum absolute atomic E-state index is 12.9. The molecule has 2 heterocycles. The predicted molar refractivity (Wildman–Crippen MR) is 136 cm³/mol. The molecule has 5 rings (SSSR count). The van der Waals surface area contributed by atoms with Gasteiger partial charge >= 0.3 is 18.1 Å². The number of nitrogens with zero attached hydrogens (tertiary/aromatic N) is 3. The summed E-state index contributed by atoms with van der Waals surface area (Å²) in [7, 11) is 0. The van der Waals surface area contributed by atoms with Crippen LogP contribution in [0.4, 0.5) is 21.0 Å². The van der Waals surface area contributed by atoms with Gasteiger partial charge in [0.2, 0.25) is 0 Å². The van der Waals surface area contributed by atoms with Crippen molar-refractivity contribution in [3.05, 3.63) is 65.9 Å². The Balaban J connectivity index is 1.29. The summed E-state index contributed by atoms with van der Waals surface area (Å²) >= 11 is 1.27. The molecule has 2 aliphatic rings. The number of aromatic nitrogens is 1. The fraction of sp³-hybridized carbons (Fsp3) is 0.308. The molecule has 0 radical (unpaired) electrons. The topological polar surface area (TPSA) is 112 Å². The standard InChI is InChI=1S/C26H26N4O5S/c1-16-21(27-24(33)35-17(2)18-6-4-3-5-7-18)22(36-28-16)19-8-10-20(11-9-19)29-14-15-30(25(29)34)26(12-13-26)23(31)32/h3-11,17H,12-15H2,1-2H3,(H,27,33)(H,31,32). The minimum Gasteiger partial charge on any atom is -0.479 e. The second-order valence-corrected chi connectivity index (χ2v) is 9.80. The Morgan fingerprint density at radius 2 is 1.81 bits per heavy atom. The fourth-order valence-corrected chi connectivity index (χ4v) is 5.33. The van der Waals surface area contributed by atoms with E-state index in [-0.39, 0.29) is 6.03 Å². The van der Waals surface area contributed by atoms with Crippen molar-refractivity contribution in [2.45, 2.75) is 38.3 Å². The van der Waals surface area contributed by atoms with E-state index >= 15 is 0 Å². The summed E-state index contributed by atoms with van der Waals surface area (Å²) in [6.45, 7) is 4.46. The van der Waals surface area contributed by atoms with E-state index in [1.165, 1.54) is 16.4 Å². The van der Waals surface area contributed by atoms with Crippen LogP contribution >= 0.6 is 11.5 Å². The highest BCUT2D eigenvalue weighted by Gasteiger charge is 2.59. The van der Waals surface area contributed by atoms with Gasteiger partial charge in [0.05, 0.1) is 16.3 Å². The van der Waals surface area contributed by atoms with Crippen LogP contribution in [-0.4, -0.2) is 51.1 Å². The molecule has 0 spiro atoms. The SMILES string of the molecule is Cc1nsc(-c2ccc(N3CCN(C4(C(=O)O)CC4)C3=O)cc2)c1NC(=O)OC(C)c1ccccc1. The van der Waals surface area contributed by atoms with Crippen LogP contribution < -0.4 is 10.2 Å². The molecule has 9 nitrogen and oxygen atoms in total. The molecule has 3 aromatic rings. The van der Waals surface area contributed by atoms with Gasteiger partial charge in [0.25, 0.3) is 0 Å². The Hall–Kier alpha value is -3.92. The molecule has 1 saturated carbocycles. The van der Waals surface area contributed by atoms with Gasteiger partial charge in [-0.1, -0.05) is 42.5 Å². The number of carboxylic acids is 1. The zero-order valence-corrected chi connectivity index (χ0v) is 20.7. The summed E-state index contributed by atoms with van der Waals surface area (Å²) in [5, 5.41) is 12.4. The summed E-state index contributed by atoms with van der Waals surface area (Å²) in [5.41, 5.74) is 2.65. The molecule has 2 aromatic carbocycles. The summed E-state index contributed by atoms with van der Waals surface area (Å²) in [5.74, 6) is -0.940. The van der Waals surface area contributed by atoms with Gasteiger partial charge in [0.15, 0.2) is 0 Å². The van der Waals surface area contributed by atoms with E-state index in [0.29, 0.717) is 43.0 Å². The maximum atomic E-state index is 12.9. The number of aliphatic carboxylic acids is 1. The number of ether oxygens (including phenoxy) is 1. The number of hydrogen-bond acceptors (Lipinski definition) is 6. The van der Waals surface area contributed by atoms with Crippen molar-refractivity contribution >= 4 is 41.0 Å². The zero-order valence-electron chi connectivity index (χ0n) is 19.9. The average Bonchev–Trinajstić information content (AvgIpc) is 3.49. The van der Waals surface area contributed by atoms with Crippen molar-refractivity contribution in [2.24, 2.45) is 0 Å². The molecule has 1 aromatic heterocycles. The van der Waals surface area contributed by atoms with Crippen LogP contribution in [-0.2, 0) is 9.53 Å². The van der Waals surface area contributed by atoms with E-state index in [2.05, 4.69) is 9.69 Å². The minimum atomic E-state index is -1.04. The molecule has 3 amide bonds. The summed E-state index contributed by atoms with van der Waals surface area (Å²) < 4.78 is 9.95. The summed E-state index contributed by atoms with van der Waals surface area (Å²) in [6, 6.07) is 16.6. The third-order valence-corrected chi connectivity index (χ3v) is 7.72. The number of nitrogens with one attached hydrogen (secondary N) is 1. The van der Waals surface area contributed by atoms with Gasteiger partial charge in [0, 0.05) is 18.8 Å². The van der Waals surface area contributed by atoms with Crippen molar-refractivity contribution in [1.29, 1.82) is 0 Å². The van der Waals surface area contributed by atoms with Crippen molar-refractivity contribution in [2.75, 3.05) is 23.3 Å². The zero-order chi connectivity index (χ0) is 25.4. The highest BCUT2D eigenvalue weighted by Crippen LogP contribution is 2.44. The van der Waals surface area contributed by atoms with E-state index in [1.54, 1.807) is 4.90 Å². The Bertz CT molecular complexity index is 1300. The number of carbonyl (C=O) groups is 3. The van der Waals surface area contributed by atoms with Crippen molar-refractivity contribution < 1.29 is 24.2 Å². The molecule has 1 saturated heterocycles. The maximum Gasteiger partial charge on any atom is 0.412 e. The van der Waals surface area contributed by atoms with Crippen molar-refractivity contribution in [3.8, 4) is 10.4 Å². The first-order valence-corrected chi connectivity index (χ1v) is 12.5. The number of carbonyl (C=O) groups excluding carboxylic acids is 2. The Morgan fingerprint density at radius 1 is 1.11 bits per heavy atom. The molecular weight excluding hydrogens is 480 g/mol. The van der Waals surface area contributed by atoms with Gasteiger partial charge < -0.3 is 14.7 Å². The molecule has 0 bridgehead atoms. The second-order valence-electron chi connectivity index (χ2n) is 9.02. The quantitative estimate of drug-likeness (QED) is 0.450. The van der Waals surface area contributed by atoms with Crippen LogP contribution in [0.1, 0.15) is 37.1 Å². The predicted octanol–water partition coefficient (Wildman–Crippen LogP) is 5.29. The van der Waals surface area contributed by atoms with E-state index in [9.17, 15) is 19.5 Å². The van der Waals surface area contributed by atoms with E-state index in [0.717, 1.165) is 16.0 Å². The van der Waals surface area contributed by atoms with Crippen molar-refractivity contribution in [1.82, 2.24) is 9.27 Å². The highest BCUT2D eigenvalue weighted by atomic mass is 32.1. The first kappa shape index (κ1) is 23.8. The molecule has 1 aliphatic heterocycles. The summed E-state index contributed by atoms with van der Waals surface area (Å²) in [6.07, 6.45) is 0.0129. The number of hydrogen-bond donors (Lipinski definition) is 2. The number of benzene rings is 2. The van der Waals surface area contributed by atoms with Gasteiger partial charge in [0.1, 0.15) is 11.6 Å². The van der Waals surface area contributed by atoms with Crippen LogP contribution in [0.15, 0.2) is 54.6 Å². The first-order valence-electron chi connectivity index (χ1n) is 11.7. The number of anilines is 2. The Labute approximate surface area is 212 Å². The van der Waals surface area contributed by atoms with Gasteiger partial charge in [-0.15, -0.1) is 0 Å². The molecule has 1 unspecified atom stereocenters. The van der Waals surface area contributed by atoms with Crippen LogP contribution in [0, 0.1) is 6.92 Å². The van der Waals surface area contributed by atoms with Crippen LogP contribution in [0.5, 0.6) is 0 Å². The van der Waals surface area contributed by atoms with Crippen molar-refractivity contribution in [3.63, 3.8) is 0 Å². The second kappa shape index (κ2) is 9.27. The minimum absolute atomic E-state index is 0.283. The van der Waals surface area contributed by atoms with Crippen LogP contribution in [0.3, 0.4) is 0 Å². The van der Waals surface area contributed by atoms with E-state index in [1.807, 2.05) is 68.4 Å². The number of carboxylic acid groups (broad SMARTS) is 1. The largest absolute Gasteiger partial charge is 0.479 e. The lowest BCUT2D eigenvalue weighted by molar-refractivity contribution is -0.143. The lowest BCUT2D eigenvalue weighted by Gasteiger charge is -2.24. The molecule has 1 aliphatic carbocycles. The van der Waals surface area contributed by atoms with Crippen LogP contribution in [0.25, 0.3) is 10.4 Å². The molecule has 10 heteroatoms. The molecule has 2 fully saturated rings. The number of amides is 3. The normalized spacial score (nSPS) is 17.1.